The van der Waals surface area contributed by atoms with E-state index in [0.717, 1.165) is 22.4 Å². The number of rotatable bonds is 5. The van der Waals surface area contributed by atoms with Gasteiger partial charge in [0.25, 0.3) is 0 Å². The molecule has 0 spiro atoms. The van der Waals surface area contributed by atoms with Crippen LogP contribution >= 0.6 is 15.9 Å². The van der Waals surface area contributed by atoms with E-state index in [1.54, 1.807) is 0 Å². The van der Waals surface area contributed by atoms with Crippen molar-refractivity contribution in [3.63, 3.8) is 0 Å². The van der Waals surface area contributed by atoms with Crippen LogP contribution in [-0.4, -0.2) is 25.8 Å². The summed E-state index contributed by atoms with van der Waals surface area (Å²) in [5.74, 6) is -0.614. The number of aryl methyl sites for hydroxylation is 2. The Morgan fingerprint density at radius 1 is 1.50 bits per heavy atom. The second-order valence-electron chi connectivity index (χ2n) is 4.16. The standard InChI is InChI=1S/C13H14BrN3O3/c1-3-17-11(12(14)8(2)16-17)7-20-10-4-9(13(18)19)5-15-6-10/h4-6H,3,7H2,1-2H3,(H,18,19). The van der Waals surface area contributed by atoms with Crippen LogP contribution in [0.3, 0.4) is 0 Å². The maximum Gasteiger partial charge on any atom is 0.337 e. The van der Waals surface area contributed by atoms with Crippen molar-refractivity contribution in [1.29, 1.82) is 0 Å². The first kappa shape index (κ1) is 14.5. The second-order valence-corrected chi connectivity index (χ2v) is 4.96. The molecule has 0 unspecified atom stereocenters. The lowest BCUT2D eigenvalue weighted by Crippen LogP contribution is -2.07. The zero-order valence-electron chi connectivity index (χ0n) is 11.1. The number of aromatic carboxylic acids is 1. The van der Waals surface area contributed by atoms with Gasteiger partial charge in [0.1, 0.15) is 12.4 Å². The third-order valence-electron chi connectivity index (χ3n) is 2.79. The Bertz CT molecular complexity index is 640. The molecule has 0 fully saturated rings. The monoisotopic (exact) mass is 339 g/mol. The number of ether oxygens (including phenoxy) is 1. The van der Waals surface area contributed by atoms with Crippen molar-refractivity contribution < 1.29 is 14.6 Å². The fourth-order valence-corrected chi connectivity index (χ4v) is 2.17. The summed E-state index contributed by atoms with van der Waals surface area (Å²) < 4.78 is 8.35. The SMILES string of the molecule is CCn1nc(C)c(Br)c1COc1cncc(C(=O)O)c1. The lowest BCUT2D eigenvalue weighted by molar-refractivity contribution is 0.0696. The molecule has 2 heterocycles. The summed E-state index contributed by atoms with van der Waals surface area (Å²) in [6.45, 7) is 4.93. The van der Waals surface area contributed by atoms with Gasteiger partial charge < -0.3 is 9.84 Å². The predicted octanol–water partition coefficient (Wildman–Crippen LogP) is 2.65. The molecule has 0 radical (unpaired) electrons. The van der Waals surface area contributed by atoms with Gasteiger partial charge in [-0.05, 0) is 35.8 Å². The zero-order chi connectivity index (χ0) is 14.7. The van der Waals surface area contributed by atoms with Gasteiger partial charge in [-0.15, -0.1) is 0 Å². The summed E-state index contributed by atoms with van der Waals surface area (Å²) >= 11 is 3.48. The van der Waals surface area contributed by atoms with E-state index < -0.39 is 5.97 Å². The minimum atomic E-state index is -1.03. The molecule has 0 amide bonds. The highest BCUT2D eigenvalue weighted by Crippen LogP contribution is 2.23. The van der Waals surface area contributed by atoms with E-state index in [-0.39, 0.29) is 5.56 Å². The molecule has 1 N–H and O–H groups in total. The quantitative estimate of drug-likeness (QED) is 0.905. The van der Waals surface area contributed by atoms with Crippen LogP contribution in [0.4, 0.5) is 0 Å². The molecule has 0 aliphatic carbocycles. The van der Waals surface area contributed by atoms with E-state index in [9.17, 15) is 4.79 Å². The lowest BCUT2D eigenvalue weighted by atomic mass is 10.3. The number of hydrogen-bond acceptors (Lipinski definition) is 4. The van der Waals surface area contributed by atoms with Crippen LogP contribution in [0.25, 0.3) is 0 Å². The maximum absolute atomic E-state index is 10.9. The Labute approximate surface area is 124 Å². The van der Waals surface area contributed by atoms with Gasteiger partial charge >= 0.3 is 5.97 Å². The molecule has 2 aromatic rings. The Morgan fingerprint density at radius 3 is 2.90 bits per heavy atom. The molecule has 2 rings (SSSR count). The van der Waals surface area contributed by atoms with Crippen molar-refractivity contribution >= 4 is 21.9 Å². The summed E-state index contributed by atoms with van der Waals surface area (Å²) in [6.07, 6.45) is 2.77. The lowest BCUT2D eigenvalue weighted by Gasteiger charge is -2.08. The molecular weight excluding hydrogens is 326 g/mol. The number of carboxylic acid groups (broad SMARTS) is 1. The van der Waals surface area contributed by atoms with Gasteiger partial charge in [0.15, 0.2) is 0 Å². The number of halogens is 1. The van der Waals surface area contributed by atoms with Crippen molar-refractivity contribution in [3.05, 3.63) is 39.9 Å². The molecule has 0 bridgehead atoms. The van der Waals surface area contributed by atoms with Crippen LogP contribution in [-0.2, 0) is 13.2 Å². The average molecular weight is 340 g/mol. The van der Waals surface area contributed by atoms with Crippen LogP contribution in [0, 0.1) is 6.92 Å². The van der Waals surface area contributed by atoms with Gasteiger partial charge in [-0.1, -0.05) is 0 Å². The summed E-state index contributed by atoms with van der Waals surface area (Å²) in [5, 5.41) is 13.3. The normalized spacial score (nSPS) is 10.6. The fourth-order valence-electron chi connectivity index (χ4n) is 1.77. The van der Waals surface area contributed by atoms with Crippen LogP contribution in [0.1, 0.15) is 28.7 Å². The van der Waals surface area contributed by atoms with Crippen LogP contribution in [0.5, 0.6) is 5.75 Å². The number of aromatic nitrogens is 3. The van der Waals surface area contributed by atoms with E-state index in [0.29, 0.717) is 12.4 Å². The first-order chi connectivity index (χ1) is 9.52. The van der Waals surface area contributed by atoms with E-state index in [1.165, 1.54) is 18.5 Å². The zero-order valence-corrected chi connectivity index (χ0v) is 12.7. The molecule has 0 aliphatic heterocycles. The summed E-state index contributed by atoms with van der Waals surface area (Å²) in [6, 6.07) is 1.45. The van der Waals surface area contributed by atoms with Gasteiger partial charge in [-0.3, -0.25) is 9.67 Å². The Kier molecular flexibility index (Phi) is 4.39. The Balaban J connectivity index is 2.16. The Hall–Kier alpha value is -1.89. The fraction of sp³-hybridized carbons (Fsp3) is 0.308. The molecule has 0 aromatic carbocycles. The first-order valence-electron chi connectivity index (χ1n) is 6.05. The molecule has 0 saturated carbocycles. The van der Waals surface area contributed by atoms with Gasteiger partial charge in [0.05, 0.1) is 27.6 Å². The van der Waals surface area contributed by atoms with E-state index in [2.05, 4.69) is 26.0 Å². The third-order valence-corrected chi connectivity index (χ3v) is 3.82. The molecule has 0 aliphatic rings. The van der Waals surface area contributed by atoms with Gasteiger partial charge in [-0.2, -0.15) is 5.10 Å². The minimum Gasteiger partial charge on any atom is -0.486 e. The topological polar surface area (TPSA) is 77.2 Å². The maximum atomic E-state index is 10.9. The van der Waals surface area contributed by atoms with Crippen molar-refractivity contribution in [2.24, 2.45) is 0 Å². The van der Waals surface area contributed by atoms with Crippen molar-refractivity contribution in [2.45, 2.75) is 27.0 Å². The number of nitrogens with zero attached hydrogens (tertiary/aromatic N) is 3. The molecule has 0 atom stereocenters. The number of carboxylic acids is 1. The van der Waals surface area contributed by atoms with E-state index >= 15 is 0 Å². The second kappa shape index (κ2) is 6.04. The molecular formula is C13H14BrN3O3. The average Bonchev–Trinajstić information content (AvgIpc) is 2.72. The highest BCUT2D eigenvalue weighted by molar-refractivity contribution is 9.10. The molecule has 2 aromatic heterocycles. The molecule has 7 heteroatoms. The van der Waals surface area contributed by atoms with Crippen molar-refractivity contribution in [1.82, 2.24) is 14.8 Å². The van der Waals surface area contributed by atoms with Gasteiger partial charge in [-0.25, -0.2) is 4.79 Å². The highest BCUT2D eigenvalue weighted by Gasteiger charge is 2.13. The summed E-state index contributed by atoms with van der Waals surface area (Å²) in [7, 11) is 0. The third kappa shape index (κ3) is 2.98. The summed E-state index contributed by atoms with van der Waals surface area (Å²) in [4.78, 5) is 14.7. The van der Waals surface area contributed by atoms with E-state index in [1.807, 2.05) is 18.5 Å². The van der Waals surface area contributed by atoms with E-state index in [4.69, 9.17) is 9.84 Å². The van der Waals surface area contributed by atoms with Crippen LogP contribution < -0.4 is 4.74 Å². The van der Waals surface area contributed by atoms with Crippen LogP contribution in [0.15, 0.2) is 22.9 Å². The molecule has 106 valence electrons. The minimum absolute atomic E-state index is 0.0988. The molecule has 20 heavy (non-hydrogen) atoms. The first-order valence-corrected chi connectivity index (χ1v) is 6.85. The molecule has 6 nitrogen and oxygen atoms in total. The van der Waals surface area contributed by atoms with Crippen molar-refractivity contribution in [2.75, 3.05) is 0 Å². The van der Waals surface area contributed by atoms with Crippen molar-refractivity contribution in [3.8, 4) is 5.75 Å². The number of hydrogen-bond donors (Lipinski definition) is 1. The number of pyridine rings is 1. The van der Waals surface area contributed by atoms with Gasteiger partial charge in [0.2, 0.25) is 0 Å². The Morgan fingerprint density at radius 2 is 2.25 bits per heavy atom. The summed E-state index contributed by atoms with van der Waals surface area (Å²) in [5.41, 5.74) is 1.90. The highest BCUT2D eigenvalue weighted by atomic mass is 79.9. The van der Waals surface area contributed by atoms with Crippen LogP contribution in [0.2, 0.25) is 0 Å². The predicted molar refractivity (Wildman–Crippen MR) is 75.9 cm³/mol. The number of carbonyl (C=O) groups is 1. The largest absolute Gasteiger partial charge is 0.486 e. The molecule has 0 saturated heterocycles. The smallest absolute Gasteiger partial charge is 0.337 e. The van der Waals surface area contributed by atoms with Gasteiger partial charge in [0, 0.05) is 12.7 Å².